The van der Waals surface area contributed by atoms with Crippen molar-refractivity contribution in [2.45, 2.75) is 0 Å². The van der Waals surface area contributed by atoms with Crippen LogP contribution < -0.4 is 4.74 Å². The Kier molecular flexibility index (Phi) is 2.02. The summed E-state index contributed by atoms with van der Waals surface area (Å²) in [5.74, 6) is 0.688. The molecule has 0 spiro atoms. The Bertz CT molecular complexity index is 445. The van der Waals surface area contributed by atoms with E-state index in [9.17, 15) is 0 Å². The van der Waals surface area contributed by atoms with E-state index in [1.807, 2.05) is 6.07 Å². The molecule has 3 nitrogen and oxygen atoms in total. The largest absolute Gasteiger partial charge is 0.494 e. The van der Waals surface area contributed by atoms with Gasteiger partial charge < -0.3 is 4.74 Å². The minimum Gasteiger partial charge on any atom is -0.494 e. The number of hydrogen-bond acceptors (Lipinski definition) is 3. The van der Waals surface area contributed by atoms with Crippen LogP contribution in [0.4, 0.5) is 0 Å². The van der Waals surface area contributed by atoms with E-state index in [-0.39, 0.29) is 0 Å². The Morgan fingerprint density at radius 3 is 2.92 bits per heavy atom. The molecule has 2 aromatic rings. The molecule has 66 valence electrons. The third kappa shape index (κ3) is 1.31. The number of hydrogen-bond donors (Lipinski definition) is 0. The van der Waals surface area contributed by atoms with Crippen molar-refractivity contribution in [3.63, 3.8) is 0 Å². The van der Waals surface area contributed by atoms with E-state index in [2.05, 4.69) is 9.97 Å². The van der Waals surface area contributed by atoms with E-state index in [0.717, 1.165) is 10.8 Å². The van der Waals surface area contributed by atoms with Crippen LogP contribution in [-0.2, 0) is 0 Å². The van der Waals surface area contributed by atoms with E-state index in [0.29, 0.717) is 10.9 Å². The van der Waals surface area contributed by atoms with E-state index >= 15 is 0 Å². The van der Waals surface area contributed by atoms with Gasteiger partial charge in [0.2, 0.25) is 0 Å². The van der Waals surface area contributed by atoms with Crippen LogP contribution in [0.1, 0.15) is 0 Å². The number of methoxy groups -OCH3 is 1. The summed E-state index contributed by atoms with van der Waals surface area (Å²) >= 11 is 5.89. The number of pyridine rings is 2. The van der Waals surface area contributed by atoms with Gasteiger partial charge in [-0.1, -0.05) is 11.6 Å². The molecule has 4 heteroatoms. The van der Waals surface area contributed by atoms with Gasteiger partial charge in [-0.2, -0.15) is 0 Å². The van der Waals surface area contributed by atoms with Crippen LogP contribution in [0.3, 0.4) is 0 Å². The highest BCUT2D eigenvalue weighted by Gasteiger charge is 2.04. The van der Waals surface area contributed by atoms with Crippen LogP contribution in [0.5, 0.6) is 5.75 Å². The van der Waals surface area contributed by atoms with Crippen molar-refractivity contribution in [1.82, 2.24) is 9.97 Å². The van der Waals surface area contributed by atoms with Gasteiger partial charge in [0.05, 0.1) is 13.3 Å². The van der Waals surface area contributed by atoms with Gasteiger partial charge in [-0.3, -0.25) is 4.98 Å². The number of halogens is 1. The predicted molar refractivity (Wildman–Crippen MR) is 51.1 cm³/mol. The van der Waals surface area contributed by atoms with Crippen LogP contribution in [0, 0.1) is 0 Å². The lowest BCUT2D eigenvalue weighted by Gasteiger charge is -2.04. The molecule has 0 radical (unpaired) electrons. The third-order valence-corrected chi connectivity index (χ3v) is 2.13. The maximum absolute atomic E-state index is 5.89. The van der Waals surface area contributed by atoms with Crippen molar-refractivity contribution in [1.29, 1.82) is 0 Å². The Morgan fingerprint density at radius 2 is 2.15 bits per heavy atom. The van der Waals surface area contributed by atoms with Crippen molar-refractivity contribution in [2.24, 2.45) is 0 Å². The van der Waals surface area contributed by atoms with Crippen LogP contribution in [0.25, 0.3) is 10.8 Å². The molecular weight excluding hydrogens is 188 g/mol. The van der Waals surface area contributed by atoms with Crippen molar-refractivity contribution in [2.75, 3.05) is 7.11 Å². The molecule has 2 aromatic heterocycles. The van der Waals surface area contributed by atoms with E-state index in [1.165, 1.54) is 0 Å². The molecule has 2 rings (SSSR count). The lowest BCUT2D eigenvalue weighted by molar-refractivity contribution is 0.418. The number of fused-ring (bicyclic) bond motifs is 1. The fourth-order valence-corrected chi connectivity index (χ4v) is 1.40. The predicted octanol–water partition coefficient (Wildman–Crippen LogP) is 2.29. The normalized spacial score (nSPS) is 10.3. The highest BCUT2D eigenvalue weighted by atomic mass is 35.5. The van der Waals surface area contributed by atoms with Crippen molar-refractivity contribution in [3.8, 4) is 5.75 Å². The van der Waals surface area contributed by atoms with Gasteiger partial charge >= 0.3 is 0 Å². The quantitative estimate of drug-likeness (QED) is 0.654. The molecule has 0 fully saturated rings. The molecule has 0 aliphatic heterocycles. The zero-order valence-corrected chi connectivity index (χ0v) is 7.75. The Balaban J connectivity index is 2.84. The molecule has 0 saturated heterocycles. The fraction of sp³-hybridized carbons (Fsp3) is 0.111. The van der Waals surface area contributed by atoms with E-state index in [4.69, 9.17) is 16.3 Å². The van der Waals surface area contributed by atoms with E-state index in [1.54, 1.807) is 25.7 Å². The summed E-state index contributed by atoms with van der Waals surface area (Å²) in [5, 5.41) is 2.21. The van der Waals surface area contributed by atoms with Crippen molar-refractivity contribution in [3.05, 3.63) is 29.8 Å². The lowest BCUT2D eigenvalue weighted by atomic mass is 10.2. The molecule has 0 aromatic carbocycles. The zero-order chi connectivity index (χ0) is 9.26. The number of nitrogens with zero attached hydrogens (tertiary/aromatic N) is 2. The van der Waals surface area contributed by atoms with Crippen molar-refractivity contribution < 1.29 is 4.74 Å². The van der Waals surface area contributed by atoms with Gasteiger partial charge in [0.1, 0.15) is 10.9 Å². The second-order valence-corrected chi connectivity index (χ2v) is 2.90. The van der Waals surface area contributed by atoms with Crippen LogP contribution in [-0.4, -0.2) is 17.1 Å². The summed E-state index contributed by atoms with van der Waals surface area (Å²) in [5.41, 5.74) is 0. The number of ether oxygens (including phenoxy) is 1. The molecule has 0 atom stereocenters. The molecule has 0 amide bonds. The zero-order valence-electron chi connectivity index (χ0n) is 6.99. The minimum absolute atomic E-state index is 0.471. The summed E-state index contributed by atoms with van der Waals surface area (Å²) in [6.45, 7) is 0. The first-order chi connectivity index (χ1) is 6.33. The molecule has 0 unspecified atom stereocenters. The van der Waals surface area contributed by atoms with Crippen LogP contribution in [0.2, 0.25) is 5.15 Å². The summed E-state index contributed by atoms with van der Waals surface area (Å²) in [6, 6.07) is 1.81. The van der Waals surface area contributed by atoms with Gasteiger partial charge in [-0.05, 0) is 6.07 Å². The third-order valence-electron chi connectivity index (χ3n) is 1.82. The summed E-state index contributed by atoms with van der Waals surface area (Å²) in [7, 11) is 1.59. The van der Waals surface area contributed by atoms with Gasteiger partial charge in [-0.15, -0.1) is 0 Å². The maximum atomic E-state index is 5.89. The topological polar surface area (TPSA) is 35.0 Å². The smallest absolute Gasteiger partial charge is 0.146 e. The highest BCUT2D eigenvalue weighted by Crippen LogP contribution is 2.27. The van der Waals surface area contributed by atoms with E-state index < -0.39 is 0 Å². The summed E-state index contributed by atoms with van der Waals surface area (Å²) < 4.78 is 5.12. The molecule has 0 saturated carbocycles. The fourth-order valence-electron chi connectivity index (χ4n) is 1.19. The van der Waals surface area contributed by atoms with Crippen LogP contribution in [0.15, 0.2) is 24.7 Å². The van der Waals surface area contributed by atoms with Gasteiger partial charge in [0.25, 0.3) is 0 Å². The standard InChI is InChI=1S/C9H7ClN2O/c1-13-8-5-12-9(10)6-2-3-11-4-7(6)8/h2-5H,1H3. The lowest BCUT2D eigenvalue weighted by Crippen LogP contribution is -1.88. The summed E-state index contributed by atoms with van der Waals surface area (Å²) in [4.78, 5) is 7.99. The van der Waals surface area contributed by atoms with Gasteiger partial charge in [0.15, 0.2) is 0 Å². The molecule has 0 aliphatic carbocycles. The molecule has 13 heavy (non-hydrogen) atoms. The average Bonchev–Trinajstić information content (AvgIpc) is 2.19. The molecule has 0 N–H and O–H groups in total. The highest BCUT2D eigenvalue weighted by molar-refractivity contribution is 6.34. The van der Waals surface area contributed by atoms with Crippen LogP contribution >= 0.6 is 11.6 Å². The first-order valence-corrected chi connectivity index (χ1v) is 4.13. The maximum Gasteiger partial charge on any atom is 0.146 e. The summed E-state index contributed by atoms with van der Waals surface area (Å²) in [6.07, 6.45) is 4.98. The second-order valence-electron chi connectivity index (χ2n) is 2.54. The second kappa shape index (κ2) is 3.18. The molecule has 2 heterocycles. The van der Waals surface area contributed by atoms with Gasteiger partial charge in [0, 0.05) is 23.2 Å². The average molecular weight is 195 g/mol. The van der Waals surface area contributed by atoms with Crippen molar-refractivity contribution >= 4 is 22.4 Å². The Morgan fingerprint density at radius 1 is 1.31 bits per heavy atom. The molecule has 0 bridgehead atoms. The first kappa shape index (κ1) is 8.26. The minimum atomic E-state index is 0.471. The Labute approximate surface area is 80.3 Å². The first-order valence-electron chi connectivity index (χ1n) is 3.75. The SMILES string of the molecule is COc1cnc(Cl)c2ccncc12. The number of rotatable bonds is 1. The number of aromatic nitrogens is 2. The Hall–Kier alpha value is -1.35. The van der Waals surface area contributed by atoms with Gasteiger partial charge in [-0.25, -0.2) is 4.98 Å². The monoisotopic (exact) mass is 194 g/mol. The molecular formula is C9H7ClN2O. The molecule has 0 aliphatic rings.